The van der Waals surface area contributed by atoms with Gasteiger partial charge in [0.25, 0.3) is 0 Å². The minimum atomic E-state index is -0.504. The lowest BCUT2D eigenvalue weighted by molar-refractivity contribution is 0.0556. The second kappa shape index (κ2) is 8.98. The Morgan fingerprint density at radius 1 is 1.09 bits per heavy atom. The van der Waals surface area contributed by atoms with Gasteiger partial charge >= 0.3 is 5.97 Å². The van der Waals surface area contributed by atoms with Crippen LogP contribution in [-0.2, 0) is 11.2 Å². The summed E-state index contributed by atoms with van der Waals surface area (Å²) in [6.07, 6.45) is 3.39. The third-order valence-corrected chi connectivity index (χ3v) is 5.44. The number of fused-ring (bicyclic) bond motifs is 2. The molecule has 0 radical (unpaired) electrons. The molecule has 7 heteroatoms. The van der Waals surface area contributed by atoms with Crippen molar-refractivity contribution in [1.82, 2.24) is 4.98 Å². The lowest BCUT2D eigenvalue weighted by Gasteiger charge is -2.13. The van der Waals surface area contributed by atoms with Gasteiger partial charge in [0.1, 0.15) is 6.07 Å². The monoisotopic (exact) mass is 430 g/mol. The van der Waals surface area contributed by atoms with Gasteiger partial charge in [0.05, 0.1) is 38.1 Å². The first kappa shape index (κ1) is 21.2. The first-order valence-electron chi connectivity index (χ1n) is 10.1. The van der Waals surface area contributed by atoms with Crippen LogP contribution < -0.4 is 14.2 Å². The van der Waals surface area contributed by atoms with Crippen molar-refractivity contribution in [2.45, 2.75) is 12.8 Å². The lowest BCUT2D eigenvalue weighted by Crippen LogP contribution is -2.10. The molecule has 0 amide bonds. The summed E-state index contributed by atoms with van der Waals surface area (Å²) in [6.45, 7) is -0.293. The maximum Gasteiger partial charge on any atom is 0.340 e. The maximum absolute atomic E-state index is 12.8. The average molecular weight is 430 g/mol. The molecule has 1 aliphatic rings. The van der Waals surface area contributed by atoms with Crippen molar-refractivity contribution in [3.63, 3.8) is 0 Å². The molecule has 0 atom stereocenters. The van der Waals surface area contributed by atoms with Gasteiger partial charge in [-0.1, -0.05) is 18.2 Å². The van der Waals surface area contributed by atoms with Crippen LogP contribution in [0.25, 0.3) is 22.6 Å². The Hall–Kier alpha value is -4.05. The van der Waals surface area contributed by atoms with Crippen molar-refractivity contribution in [3.8, 4) is 23.3 Å². The Bertz CT molecular complexity index is 1250. The molecule has 0 saturated heterocycles. The number of nitrogens with zero attached hydrogens (tertiary/aromatic N) is 2. The van der Waals surface area contributed by atoms with Crippen molar-refractivity contribution < 1.29 is 23.7 Å². The molecular weight excluding hydrogens is 408 g/mol. The molecule has 0 saturated carbocycles. The highest BCUT2D eigenvalue weighted by Crippen LogP contribution is 2.41. The van der Waals surface area contributed by atoms with E-state index in [9.17, 15) is 4.79 Å². The van der Waals surface area contributed by atoms with Crippen LogP contribution in [0.15, 0.2) is 36.4 Å². The molecule has 0 N–H and O–H groups in total. The van der Waals surface area contributed by atoms with Crippen LogP contribution in [0, 0.1) is 11.3 Å². The summed E-state index contributed by atoms with van der Waals surface area (Å²) in [5.41, 5.74) is 4.65. The van der Waals surface area contributed by atoms with Crippen LogP contribution in [0.3, 0.4) is 0 Å². The Labute approximate surface area is 185 Å². The molecule has 1 aliphatic carbocycles. The molecule has 32 heavy (non-hydrogen) atoms. The van der Waals surface area contributed by atoms with Crippen molar-refractivity contribution in [2.24, 2.45) is 0 Å². The standard InChI is InChI=1S/C25H22N2O5/c1-29-20-13-15(14-21(30-2)24(20)31-3)12-16-8-9-18-22(25(28)32-11-10-26)17-6-4-5-7-19(17)27-23(16)18/h4-7,12-14H,8-9,11H2,1-3H3. The number of rotatable bonds is 6. The molecular formula is C25H22N2O5. The van der Waals surface area contributed by atoms with Crippen LogP contribution >= 0.6 is 0 Å². The number of aromatic nitrogens is 1. The summed E-state index contributed by atoms with van der Waals surface area (Å²) in [6, 6.07) is 13.1. The van der Waals surface area contributed by atoms with Crippen LogP contribution in [0.1, 0.15) is 33.6 Å². The summed E-state index contributed by atoms with van der Waals surface area (Å²) >= 11 is 0. The Morgan fingerprint density at radius 2 is 1.81 bits per heavy atom. The first-order valence-corrected chi connectivity index (χ1v) is 10.1. The molecule has 4 rings (SSSR count). The van der Waals surface area contributed by atoms with Gasteiger partial charge < -0.3 is 18.9 Å². The number of pyridine rings is 1. The molecule has 1 heterocycles. The van der Waals surface area contributed by atoms with E-state index < -0.39 is 5.97 Å². The summed E-state index contributed by atoms with van der Waals surface area (Å²) in [5.74, 6) is 1.14. The van der Waals surface area contributed by atoms with Gasteiger partial charge in [0.15, 0.2) is 18.1 Å². The zero-order chi connectivity index (χ0) is 22.7. The van der Waals surface area contributed by atoms with E-state index in [-0.39, 0.29) is 6.61 Å². The third-order valence-electron chi connectivity index (χ3n) is 5.44. The third kappa shape index (κ3) is 3.71. The quantitative estimate of drug-likeness (QED) is 0.534. The Kier molecular flexibility index (Phi) is 5.95. The van der Waals surface area contributed by atoms with E-state index in [1.165, 1.54) is 0 Å². The predicted molar refractivity (Wildman–Crippen MR) is 120 cm³/mol. The van der Waals surface area contributed by atoms with Crippen molar-refractivity contribution >= 4 is 28.5 Å². The number of carbonyl (C=O) groups is 1. The van der Waals surface area contributed by atoms with Crippen LogP contribution in [0.4, 0.5) is 0 Å². The number of nitriles is 1. The SMILES string of the molecule is COc1cc(C=C2CCc3c2nc2ccccc2c3C(=O)OCC#N)cc(OC)c1OC. The van der Waals surface area contributed by atoms with Crippen molar-refractivity contribution in [1.29, 1.82) is 5.26 Å². The predicted octanol–water partition coefficient (Wildman–Crippen LogP) is 4.43. The van der Waals surface area contributed by atoms with E-state index in [0.717, 1.165) is 27.8 Å². The van der Waals surface area contributed by atoms with E-state index in [0.29, 0.717) is 41.2 Å². The van der Waals surface area contributed by atoms with Gasteiger partial charge in [0, 0.05) is 5.39 Å². The maximum atomic E-state index is 12.8. The summed E-state index contributed by atoms with van der Waals surface area (Å²) < 4.78 is 21.5. The Morgan fingerprint density at radius 3 is 2.47 bits per heavy atom. The van der Waals surface area contributed by atoms with E-state index in [2.05, 4.69) is 0 Å². The normalized spacial score (nSPS) is 13.5. The number of para-hydroxylation sites is 1. The first-order chi connectivity index (χ1) is 15.6. The van der Waals surface area contributed by atoms with Gasteiger partial charge in [0.2, 0.25) is 5.75 Å². The zero-order valence-electron chi connectivity index (χ0n) is 18.1. The molecule has 7 nitrogen and oxygen atoms in total. The van der Waals surface area contributed by atoms with E-state index in [1.54, 1.807) is 21.3 Å². The van der Waals surface area contributed by atoms with Gasteiger partial charge in [-0.25, -0.2) is 9.78 Å². The van der Waals surface area contributed by atoms with E-state index >= 15 is 0 Å². The fraction of sp³-hybridized carbons (Fsp3) is 0.240. The number of benzene rings is 2. The highest BCUT2D eigenvalue weighted by molar-refractivity contribution is 6.07. The molecule has 0 unspecified atom stereocenters. The fourth-order valence-electron chi connectivity index (χ4n) is 4.07. The lowest BCUT2D eigenvalue weighted by atomic mass is 10.0. The Balaban J connectivity index is 1.86. The highest BCUT2D eigenvalue weighted by atomic mass is 16.5. The van der Waals surface area contributed by atoms with E-state index in [4.69, 9.17) is 29.2 Å². The molecule has 0 bridgehead atoms. The minimum Gasteiger partial charge on any atom is -0.493 e. The number of allylic oxidation sites excluding steroid dienone is 1. The van der Waals surface area contributed by atoms with Gasteiger partial charge in [-0.15, -0.1) is 0 Å². The van der Waals surface area contributed by atoms with Gasteiger partial charge in [-0.2, -0.15) is 5.26 Å². The largest absolute Gasteiger partial charge is 0.493 e. The zero-order valence-corrected chi connectivity index (χ0v) is 18.1. The number of methoxy groups -OCH3 is 3. The molecule has 3 aromatic rings. The fourth-order valence-corrected chi connectivity index (χ4v) is 4.07. The van der Waals surface area contributed by atoms with Gasteiger partial charge in [-0.3, -0.25) is 0 Å². The average Bonchev–Trinajstić information content (AvgIpc) is 3.21. The number of hydrogen-bond acceptors (Lipinski definition) is 7. The van der Waals surface area contributed by atoms with Gasteiger partial charge in [-0.05, 0) is 53.8 Å². The molecule has 0 spiro atoms. The number of hydrogen-bond donors (Lipinski definition) is 0. The number of ether oxygens (including phenoxy) is 4. The summed E-state index contributed by atoms with van der Waals surface area (Å²) in [7, 11) is 4.71. The molecule has 0 aliphatic heterocycles. The van der Waals surface area contributed by atoms with Crippen molar-refractivity contribution in [3.05, 3.63) is 58.8 Å². The van der Waals surface area contributed by atoms with Crippen LogP contribution in [0.5, 0.6) is 17.2 Å². The molecule has 1 aromatic heterocycles. The summed E-state index contributed by atoms with van der Waals surface area (Å²) in [4.78, 5) is 17.7. The topological polar surface area (TPSA) is 90.7 Å². The molecule has 162 valence electrons. The summed E-state index contributed by atoms with van der Waals surface area (Å²) in [5, 5.41) is 9.54. The second-order valence-electron chi connectivity index (χ2n) is 7.19. The van der Waals surface area contributed by atoms with E-state index in [1.807, 2.05) is 48.5 Å². The number of esters is 1. The van der Waals surface area contributed by atoms with Crippen LogP contribution in [-0.4, -0.2) is 38.9 Å². The highest BCUT2D eigenvalue weighted by Gasteiger charge is 2.27. The number of carbonyl (C=O) groups excluding carboxylic acids is 1. The van der Waals surface area contributed by atoms with Crippen LogP contribution in [0.2, 0.25) is 0 Å². The minimum absolute atomic E-state index is 0.293. The van der Waals surface area contributed by atoms with Crippen molar-refractivity contribution in [2.75, 3.05) is 27.9 Å². The second-order valence-corrected chi connectivity index (χ2v) is 7.19. The smallest absolute Gasteiger partial charge is 0.340 e. The molecule has 0 fully saturated rings. The molecule has 2 aromatic carbocycles.